The minimum Gasteiger partial charge on any atom is -0.482 e. The average Bonchev–Trinajstić information content (AvgIpc) is 3.44. The van der Waals surface area contributed by atoms with Gasteiger partial charge < -0.3 is 20.5 Å². The topological polar surface area (TPSA) is 105 Å². The Morgan fingerprint density at radius 2 is 1.72 bits per heavy atom. The number of benzene rings is 2. The van der Waals surface area contributed by atoms with Gasteiger partial charge in [-0.3, -0.25) is 9.59 Å². The molecule has 0 aromatic heterocycles. The van der Waals surface area contributed by atoms with Gasteiger partial charge in [0.05, 0.1) is 6.04 Å². The molecule has 1 aliphatic carbocycles. The smallest absolute Gasteiger partial charge is 0.341 e. The van der Waals surface area contributed by atoms with Gasteiger partial charge in [0.15, 0.2) is 6.61 Å². The van der Waals surface area contributed by atoms with Gasteiger partial charge in [0.25, 0.3) is 5.91 Å². The number of hydrogen-bond donors (Lipinski definition) is 3. The van der Waals surface area contributed by atoms with E-state index in [9.17, 15) is 14.4 Å². The number of carboxylic acid groups (broad SMARTS) is 1. The van der Waals surface area contributed by atoms with Gasteiger partial charge in [-0.1, -0.05) is 19.1 Å². The fourth-order valence-electron chi connectivity index (χ4n) is 2.99. The molecule has 7 nitrogen and oxygen atoms in total. The minimum atomic E-state index is -1.04. The number of ether oxygens (including phenoxy) is 1. The molecule has 152 valence electrons. The number of anilines is 1. The quantitative estimate of drug-likeness (QED) is 0.635. The van der Waals surface area contributed by atoms with Gasteiger partial charge in [0.2, 0.25) is 5.91 Å². The second kappa shape index (κ2) is 8.77. The zero-order chi connectivity index (χ0) is 21.0. The van der Waals surface area contributed by atoms with Crippen molar-refractivity contribution in [1.29, 1.82) is 0 Å². The van der Waals surface area contributed by atoms with E-state index in [1.807, 2.05) is 6.92 Å². The molecule has 2 aromatic rings. The molecule has 0 saturated heterocycles. The van der Waals surface area contributed by atoms with E-state index >= 15 is 0 Å². The van der Waals surface area contributed by atoms with Gasteiger partial charge in [-0.05, 0) is 61.2 Å². The van der Waals surface area contributed by atoms with Crippen LogP contribution < -0.4 is 15.4 Å². The van der Waals surface area contributed by atoms with E-state index < -0.39 is 12.6 Å². The highest BCUT2D eigenvalue weighted by Crippen LogP contribution is 2.38. The van der Waals surface area contributed by atoms with E-state index in [2.05, 4.69) is 17.6 Å². The van der Waals surface area contributed by atoms with Crippen molar-refractivity contribution >= 4 is 23.5 Å². The third-order valence-electron chi connectivity index (χ3n) is 4.95. The number of carbonyl (C=O) groups excluding carboxylic acids is 2. The summed E-state index contributed by atoms with van der Waals surface area (Å²) in [5.41, 5.74) is 2.04. The molecule has 29 heavy (non-hydrogen) atoms. The summed E-state index contributed by atoms with van der Waals surface area (Å²) in [6, 6.07) is 13.4. The summed E-state index contributed by atoms with van der Waals surface area (Å²) in [6.07, 6.45) is 0.927. The Labute approximate surface area is 169 Å². The molecule has 3 atom stereocenters. The van der Waals surface area contributed by atoms with Crippen molar-refractivity contribution in [3.63, 3.8) is 0 Å². The van der Waals surface area contributed by atoms with Crippen LogP contribution in [-0.2, 0) is 9.59 Å². The molecule has 3 unspecified atom stereocenters. The van der Waals surface area contributed by atoms with Crippen LogP contribution in [-0.4, -0.2) is 29.5 Å². The Kier molecular flexibility index (Phi) is 6.16. The first kappa shape index (κ1) is 20.4. The van der Waals surface area contributed by atoms with Crippen LogP contribution in [0.15, 0.2) is 48.5 Å². The van der Waals surface area contributed by atoms with Crippen molar-refractivity contribution in [2.24, 2.45) is 11.8 Å². The Morgan fingerprint density at radius 3 is 2.28 bits per heavy atom. The van der Waals surface area contributed by atoms with E-state index in [1.54, 1.807) is 48.5 Å². The maximum absolute atomic E-state index is 12.5. The lowest BCUT2D eigenvalue weighted by molar-refractivity contribution is -0.139. The van der Waals surface area contributed by atoms with E-state index in [1.165, 1.54) is 0 Å². The van der Waals surface area contributed by atoms with Gasteiger partial charge >= 0.3 is 5.97 Å². The summed E-state index contributed by atoms with van der Waals surface area (Å²) >= 11 is 0. The highest BCUT2D eigenvalue weighted by molar-refractivity contribution is 5.97. The molecule has 1 fully saturated rings. The van der Waals surface area contributed by atoms with Gasteiger partial charge in [-0.25, -0.2) is 4.79 Å². The summed E-state index contributed by atoms with van der Waals surface area (Å²) < 4.78 is 5.10. The number of amides is 2. The number of carboxylic acids is 1. The molecule has 3 N–H and O–H groups in total. The van der Waals surface area contributed by atoms with Gasteiger partial charge in [0.1, 0.15) is 5.75 Å². The molecule has 7 heteroatoms. The van der Waals surface area contributed by atoms with Crippen LogP contribution in [0.5, 0.6) is 5.75 Å². The first-order valence-electron chi connectivity index (χ1n) is 9.50. The maximum atomic E-state index is 12.5. The molecule has 2 aromatic carbocycles. The summed E-state index contributed by atoms with van der Waals surface area (Å²) in [5.74, 6) is -0.245. The Hall–Kier alpha value is -3.35. The molecule has 0 bridgehead atoms. The molecule has 0 radical (unpaired) electrons. The van der Waals surface area contributed by atoms with Gasteiger partial charge in [0, 0.05) is 17.2 Å². The first-order chi connectivity index (χ1) is 13.8. The fraction of sp³-hybridized carbons (Fsp3) is 0.318. The molecular weight excluding hydrogens is 372 g/mol. The lowest BCUT2D eigenvalue weighted by Crippen LogP contribution is -2.26. The highest BCUT2D eigenvalue weighted by atomic mass is 16.5. The number of carbonyl (C=O) groups is 3. The Balaban J connectivity index is 1.53. The van der Waals surface area contributed by atoms with Crippen molar-refractivity contribution < 1.29 is 24.2 Å². The minimum absolute atomic E-state index is 0.0269. The van der Waals surface area contributed by atoms with E-state index in [4.69, 9.17) is 9.84 Å². The number of aliphatic carboxylic acids is 1. The standard InChI is InChI=1S/C22H24N2O5/c1-13-11-19(13)22(28)24-17-7-3-16(4-8-17)21(27)23-14(2)15-5-9-18(10-6-15)29-12-20(25)26/h3-10,13-14,19H,11-12H2,1-2H3,(H,23,27)(H,24,28)(H,25,26). The van der Waals surface area contributed by atoms with Crippen molar-refractivity contribution in [2.75, 3.05) is 11.9 Å². The molecule has 1 aliphatic rings. The van der Waals surface area contributed by atoms with Crippen LogP contribution in [0, 0.1) is 11.8 Å². The summed E-state index contributed by atoms with van der Waals surface area (Å²) in [6.45, 7) is 3.51. The van der Waals surface area contributed by atoms with E-state index in [0.29, 0.717) is 22.9 Å². The molecule has 3 rings (SSSR count). The molecule has 0 spiro atoms. The average molecular weight is 396 g/mol. The lowest BCUT2D eigenvalue weighted by atomic mass is 10.1. The molecule has 0 aliphatic heterocycles. The Bertz CT molecular complexity index is 892. The van der Waals surface area contributed by atoms with Gasteiger partial charge in [-0.2, -0.15) is 0 Å². The molecular formula is C22H24N2O5. The largest absolute Gasteiger partial charge is 0.482 e. The SMILES string of the molecule is CC(NC(=O)c1ccc(NC(=O)C2CC2C)cc1)c1ccc(OCC(=O)O)cc1. The molecule has 2 amide bonds. The third kappa shape index (κ3) is 5.57. The van der Waals surface area contributed by atoms with Crippen LogP contribution in [0.1, 0.15) is 42.2 Å². The monoisotopic (exact) mass is 396 g/mol. The first-order valence-corrected chi connectivity index (χ1v) is 9.50. The van der Waals surface area contributed by atoms with Crippen molar-refractivity contribution in [3.05, 3.63) is 59.7 Å². The van der Waals surface area contributed by atoms with E-state index in [0.717, 1.165) is 12.0 Å². The van der Waals surface area contributed by atoms with Crippen molar-refractivity contribution in [3.8, 4) is 5.75 Å². The van der Waals surface area contributed by atoms with Crippen LogP contribution in [0.2, 0.25) is 0 Å². The van der Waals surface area contributed by atoms with Crippen LogP contribution in [0.4, 0.5) is 5.69 Å². The van der Waals surface area contributed by atoms with Crippen molar-refractivity contribution in [1.82, 2.24) is 5.32 Å². The number of hydrogen-bond acceptors (Lipinski definition) is 4. The highest BCUT2D eigenvalue weighted by Gasteiger charge is 2.39. The molecule has 0 heterocycles. The summed E-state index contributed by atoms with van der Waals surface area (Å²) in [4.78, 5) is 35.0. The maximum Gasteiger partial charge on any atom is 0.341 e. The van der Waals surface area contributed by atoms with Gasteiger partial charge in [-0.15, -0.1) is 0 Å². The van der Waals surface area contributed by atoms with E-state index in [-0.39, 0.29) is 23.8 Å². The van der Waals surface area contributed by atoms with Crippen LogP contribution >= 0.6 is 0 Å². The van der Waals surface area contributed by atoms with Crippen molar-refractivity contribution in [2.45, 2.75) is 26.3 Å². The normalized spacial score (nSPS) is 18.4. The molecule has 1 saturated carbocycles. The number of nitrogens with one attached hydrogen (secondary N) is 2. The predicted molar refractivity (Wildman–Crippen MR) is 108 cm³/mol. The second-order valence-electron chi connectivity index (χ2n) is 7.33. The van der Waals surface area contributed by atoms with Crippen LogP contribution in [0.25, 0.3) is 0 Å². The predicted octanol–water partition coefficient (Wildman–Crippen LogP) is 3.24. The summed E-state index contributed by atoms with van der Waals surface area (Å²) in [7, 11) is 0. The zero-order valence-corrected chi connectivity index (χ0v) is 16.3. The third-order valence-corrected chi connectivity index (χ3v) is 4.95. The second-order valence-corrected chi connectivity index (χ2v) is 7.33. The number of rotatable bonds is 8. The fourth-order valence-corrected chi connectivity index (χ4v) is 2.99. The summed E-state index contributed by atoms with van der Waals surface area (Å²) in [5, 5.41) is 14.4. The lowest BCUT2D eigenvalue weighted by Gasteiger charge is -2.15. The Morgan fingerprint density at radius 1 is 1.10 bits per heavy atom. The van der Waals surface area contributed by atoms with Crippen LogP contribution in [0.3, 0.4) is 0 Å². The zero-order valence-electron chi connectivity index (χ0n) is 16.3.